The Balaban J connectivity index is 1.96. The predicted molar refractivity (Wildman–Crippen MR) is 101 cm³/mol. The van der Waals surface area contributed by atoms with Crippen LogP contribution < -0.4 is 11.5 Å². The third-order valence-electron chi connectivity index (χ3n) is 7.40. The third-order valence-corrected chi connectivity index (χ3v) is 9.01. The van der Waals surface area contributed by atoms with Gasteiger partial charge in [-0.25, -0.2) is 4.98 Å². The first-order valence-corrected chi connectivity index (χ1v) is 10.8. The van der Waals surface area contributed by atoms with E-state index in [1.165, 1.54) is 11.3 Å². The molecule has 1 spiro atoms. The Morgan fingerprint density at radius 3 is 2.42 bits per heavy atom. The molecule has 1 aromatic heterocycles. The van der Waals surface area contributed by atoms with Crippen molar-refractivity contribution in [2.45, 2.75) is 50.4 Å². The molecular weight excluding hydrogens is 418 g/mol. The van der Waals surface area contributed by atoms with E-state index < -0.39 is 22.6 Å². The molecule has 2 amide bonds. The van der Waals surface area contributed by atoms with Crippen LogP contribution in [0.4, 0.5) is 0 Å². The molecule has 3 aliphatic rings. The van der Waals surface area contributed by atoms with E-state index in [-0.39, 0.29) is 23.9 Å². The second-order valence-electron chi connectivity index (χ2n) is 8.07. The summed E-state index contributed by atoms with van der Waals surface area (Å²) in [7, 11) is 0. The van der Waals surface area contributed by atoms with Gasteiger partial charge in [-0.05, 0) is 71.7 Å². The number of aliphatic hydroxyl groups is 1. The fraction of sp³-hybridized carbons (Fsp3) is 0.722. The summed E-state index contributed by atoms with van der Waals surface area (Å²) in [6, 6.07) is 0. The van der Waals surface area contributed by atoms with Gasteiger partial charge in [-0.3, -0.25) is 9.59 Å². The van der Waals surface area contributed by atoms with E-state index in [4.69, 9.17) is 11.5 Å². The fourth-order valence-corrected chi connectivity index (χ4v) is 8.16. The average molecular weight is 442 g/mol. The number of carbonyl (C=O) groups is 2. The molecule has 3 saturated carbocycles. The van der Waals surface area contributed by atoms with Gasteiger partial charge in [0.25, 0.3) is 0 Å². The maximum absolute atomic E-state index is 13.1. The number of aromatic nitrogens is 1. The van der Waals surface area contributed by atoms with Crippen molar-refractivity contribution in [2.75, 3.05) is 6.61 Å². The number of halogens is 1. The number of amides is 2. The van der Waals surface area contributed by atoms with E-state index in [1.54, 1.807) is 6.20 Å². The first kappa shape index (κ1) is 18.4. The second kappa shape index (κ2) is 6.01. The molecule has 0 aromatic carbocycles. The summed E-state index contributed by atoms with van der Waals surface area (Å²) in [5.41, 5.74) is 10.0. The Hall–Kier alpha value is -0.990. The van der Waals surface area contributed by atoms with Gasteiger partial charge in [0.2, 0.25) is 11.8 Å². The monoisotopic (exact) mass is 441 g/mol. The number of hydrogen-bond donors (Lipinski definition) is 3. The lowest BCUT2D eigenvalue weighted by molar-refractivity contribution is -0.147. The van der Waals surface area contributed by atoms with Crippen molar-refractivity contribution in [3.8, 4) is 0 Å². The molecule has 6 nitrogen and oxygen atoms in total. The maximum Gasteiger partial charge on any atom is 0.231 e. The molecule has 142 valence electrons. The number of rotatable bonds is 7. The van der Waals surface area contributed by atoms with Crippen LogP contribution in [0.25, 0.3) is 0 Å². The molecule has 4 atom stereocenters. The van der Waals surface area contributed by atoms with Gasteiger partial charge in [-0.1, -0.05) is 6.42 Å². The van der Waals surface area contributed by atoms with Crippen LogP contribution >= 0.6 is 27.3 Å². The van der Waals surface area contributed by atoms with Crippen molar-refractivity contribution in [2.24, 2.45) is 34.1 Å². The zero-order chi connectivity index (χ0) is 18.7. The van der Waals surface area contributed by atoms with Gasteiger partial charge in [0.15, 0.2) is 0 Å². The molecule has 3 aliphatic carbocycles. The Morgan fingerprint density at radius 1 is 1.23 bits per heavy atom. The highest BCUT2D eigenvalue weighted by molar-refractivity contribution is 9.11. The molecule has 26 heavy (non-hydrogen) atoms. The van der Waals surface area contributed by atoms with Crippen LogP contribution in [0.2, 0.25) is 0 Å². The molecule has 8 heteroatoms. The molecule has 0 aliphatic heterocycles. The first-order chi connectivity index (χ1) is 12.4. The van der Waals surface area contributed by atoms with Crippen LogP contribution in [0.1, 0.15) is 50.0 Å². The van der Waals surface area contributed by atoms with Crippen LogP contribution in [-0.4, -0.2) is 28.5 Å². The fourth-order valence-electron chi connectivity index (χ4n) is 6.61. The highest BCUT2D eigenvalue weighted by Crippen LogP contribution is 2.83. The highest BCUT2D eigenvalue weighted by atomic mass is 79.9. The van der Waals surface area contributed by atoms with Gasteiger partial charge in [0, 0.05) is 6.61 Å². The molecule has 2 bridgehead atoms. The Bertz CT molecular complexity index is 765. The molecule has 1 heterocycles. The molecule has 3 fully saturated rings. The Morgan fingerprint density at radius 2 is 1.92 bits per heavy atom. The van der Waals surface area contributed by atoms with E-state index in [1.807, 2.05) is 0 Å². The third kappa shape index (κ3) is 1.98. The number of carbonyl (C=O) groups excluding carboxylic acids is 2. The van der Waals surface area contributed by atoms with E-state index in [0.717, 1.165) is 29.5 Å². The minimum Gasteiger partial charge on any atom is -0.396 e. The van der Waals surface area contributed by atoms with Crippen LogP contribution in [-0.2, 0) is 15.0 Å². The minimum absolute atomic E-state index is 0.00141. The molecule has 1 aromatic rings. The summed E-state index contributed by atoms with van der Waals surface area (Å²) in [5, 5.41) is 9.87. The lowest BCUT2D eigenvalue weighted by atomic mass is 9.53. The first-order valence-electron chi connectivity index (χ1n) is 9.20. The van der Waals surface area contributed by atoms with E-state index in [0.29, 0.717) is 24.3 Å². The van der Waals surface area contributed by atoms with Crippen molar-refractivity contribution < 1.29 is 14.7 Å². The van der Waals surface area contributed by atoms with Crippen molar-refractivity contribution in [1.29, 1.82) is 0 Å². The predicted octanol–water partition coefficient (Wildman–Crippen LogP) is 2.08. The average Bonchev–Trinajstić information content (AvgIpc) is 3.05. The summed E-state index contributed by atoms with van der Waals surface area (Å²) in [5.74, 6) is -0.803. The molecule has 0 radical (unpaired) electrons. The van der Waals surface area contributed by atoms with E-state index in [9.17, 15) is 14.7 Å². The number of primary amides is 2. The van der Waals surface area contributed by atoms with Crippen molar-refractivity contribution in [3.05, 3.63) is 15.0 Å². The van der Waals surface area contributed by atoms with Gasteiger partial charge >= 0.3 is 0 Å². The van der Waals surface area contributed by atoms with Crippen LogP contribution in [0.5, 0.6) is 0 Å². The molecule has 4 rings (SSSR count). The number of aliphatic hydroxyl groups excluding tert-OH is 1. The van der Waals surface area contributed by atoms with Gasteiger partial charge in [0.1, 0.15) is 10.4 Å². The Kier molecular flexibility index (Phi) is 4.24. The smallest absolute Gasteiger partial charge is 0.231 e. The van der Waals surface area contributed by atoms with E-state index >= 15 is 0 Å². The zero-order valence-electron chi connectivity index (χ0n) is 14.5. The van der Waals surface area contributed by atoms with Gasteiger partial charge in [-0.2, -0.15) is 0 Å². The lowest BCUT2D eigenvalue weighted by Crippen LogP contribution is -2.63. The van der Waals surface area contributed by atoms with Crippen molar-refractivity contribution >= 4 is 39.1 Å². The number of nitrogens with two attached hydrogens (primary N) is 2. The van der Waals surface area contributed by atoms with Gasteiger partial charge < -0.3 is 16.6 Å². The topological polar surface area (TPSA) is 119 Å². The summed E-state index contributed by atoms with van der Waals surface area (Å²) < 4.78 is 0.814. The van der Waals surface area contributed by atoms with Gasteiger partial charge in [-0.15, -0.1) is 11.3 Å². The minimum atomic E-state index is -1.13. The Labute approximate surface area is 164 Å². The molecule has 0 unspecified atom stereocenters. The summed E-state index contributed by atoms with van der Waals surface area (Å²) in [4.78, 5) is 30.7. The van der Waals surface area contributed by atoms with Gasteiger partial charge in [0.05, 0.1) is 15.4 Å². The van der Waals surface area contributed by atoms with E-state index in [2.05, 4.69) is 20.9 Å². The maximum atomic E-state index is 13.1. The summed E-state index contributed by atoms with van der Waals surface area (Å²) in [6.07, 6.45) is 7.23. The summed E-state index contributed by atoms with van der Waals surface area (Å²) in [6.45, 7) is 0.0560. The second-order valence-corrected chi connectivity index (χ2v) is 10.5. The highest BCUT2D eigenvalue weighted by Gasteiger charge is 2.84. The number of unbranched alkanes of at least 4 members (excludes halogenated alkanes) is 1. The van der Waals surface area contributed by atoms with Crippen molar-refractivity contribution in [3.63, 3.8) is 0 Å². The molecule has 0 saturated heterocycles. The van der Waals surface area contributed by atoms with Crippen molar-refractivity contribution in [1.82, 2.24) is 4.98 Å². The van der Waals surface area contributed by atoms with Crippen LogP contribution in [0.15, 0.2) is 9.98 Å². The normalized spacial score (nSPS) is 36.5. The molecule has 5 N–H and O–H groups in total. The summed E-state index contributed by atoms with van der Waals surface area (Å²) >= 11 is 4.83. The van der Waals surface area contributed by atoms with Crippen LogP contribution in [0.3, 0.4) is 0 Å². The quantitative estimate of drug-likeness (QED) is 0.560. The number of hydrogen-bond acceptors (Lipinski definition) is 5. The number of thiazole rings is 1. The SMILES string of the molecule is NC(=O)[C@]1(CCCCO)[C@@H]2CC[C@@H](C23CC3)[C@@]1(C(N)=O)c1ncc(Br)s1. The number of nitrogens with zero attached hydrogens (tertiary/aromatic N) is 1. The molecular formula is C18H24BrN3O3S. The zero-order valence-corrected chi connectivity index (χ0v) is 16.9. The lowest BCUT2D eigenvalue weighted by Gasteiger charge is -2.48. The van der Waals surface area contributed by atoms with Crippen LogP contribution in [0, 0.1) is 22.7 Å². The largest absolute Gasteiger partial charge is 0.396 e. The standard InChI is InChI=1S/C18H24BrN3O3S/c19-12-9-22-15(26-12)18(14(21)25)11-4-3-10(16(11)6-7-16)17(18,13(20)24)5-1-2-8-23/h9-11,23H,1-8H2,(H2,20,24)(H2,21,25)/t10-,11+,17+,18-/m1/s1.